The van der Waals surface area contributed by atoms with Gasteiger partial charge in [-0.3, -0.25) is 0 Å². The SMILES string of the molecule is CC(NS(=O)(=O)c1cccc(CN)c1)c1cccc(Cl)c1. The van der Waals surface area contributed by atoms with Crippen LogP contribution in [0.2, 0.25) is 5.02 Å². The number of hydrogen-bond acceptors (Lipinski definition) is 3. The van der Waals surface area contributed by atoms with E-state index in [2.05, 4.69) is 4.72 Å². The molecule has 0 aliphatic carbocycles. The fourth-order valence-corrected chi connectivity index (χ4v) is 3.48. The summed E-state index contributed by atoms with van der Waals surface area (Å²) in [6, 6.07) is 13.3. The second-order valence-electron chi connectivity index (χ2n) is 4.75. The number of nitrogens with one attached hydrogen (secondary N) is 1. The van der Waals surface area contributed by atoms with E-state index in [-0.39, 0.29) is 10.9 Å². The van der Waals surface area contributed by atoms with Crippen molar-refractivity contribution in [2.45, 2.75) is 24.4 Å². The van der Waals surface area contributed by atoms with Crippen LogP contribution in [0.25, 0.3) is 0 Å². The van der Waals surface area contributed by atoms with Crippen molar-refractivity contribution in [3.05, 3.63) is 64.7 Å². The van der Waals surface area contributed by atoms with Gasteiger partial charge in [-0.1, -0.05) is 35.9 Å². The largest absolute Gasteiger partial charge is 0.326 e. The van der Waals surface area contributed by atoms with Gasteiger partial charge in [0.2, 0.25) is 10.0 Å². The minimum absolute atomic E-state index is 0.208. The smallest absolute Gasteiger partial charge is 0.241 e. The molecule has 21 heavy (non-hydrogen) atoms. The third-order valence-electron chi connectivity index (χ3n) is 3.13. The Balaban J connectivity index is 2.24. The number of nitrogens with two attached hydrogens (primary N) is 1. The number of rotatable bonds is 5. The lowest BCUT2D eigenvalue weighted by atomic mass is 10.1. The van der Waals surface area contributed by atoms with Gasteiger partial charge in [-0.2, -0.15) is 0 Å². The Kier molecular flexibility index (Phi) is 5.00. The second-order valence-corrected chi connectivity index (χ2v) is 6.90. The van der Waals surface area contributed by atoms with Gasteiger partial charge in [0, 0.05) is 17.6 Å². The predicted molar refractivity (Wildman–Crippen MR) is 84.5 cm³/mol. The van der Waals surface area contributed by atoms with Crippen LogP contribution in [0.3, 0.4) is 0 Å². The Bertz CT molecular complexity index is 732. The predicted octanol–water partition coefficient (Wildman–Crippen LogP) is 2.84. The third-order valence-corrected chi connectivity index (χ3v) is 4.90. The van der Waals surface area contributed by atoms with Crippen LogP contribution >= 0.6 is 11.6 Å². The first-order valence-electron chi connectivity index (χ1n) is 6.49. The Morgan fingerprint density at radius 2 is 1.90 bits per heavy atom. The van der Waals surface area contributed by atoms with Gasteiger partial charge in [-0.05, 0) is 42.3 Å². The number of hydrogen-bond donors (Lipinski definition) is 2. The molecule has 112 valence electrons. The van der Waals surface area contributed by atoms with Crippen molar-refractivity contribution in [2.75, 3.05) is 0 Å². The highest BCUT2D eigenvalue weighted by atomic mass is 35.5. The van der Waals surface area contributed by atoms with E-state index in [9.17, 15) is 8.42 Å². The lowest BCUT2D eigenvalue weighted by Crippen LogP contribution is -2.27. The molecule has 0 radical (unpaired) electrons. The van der Waals surface area contributed by atoms with Crippen molar-refractivity contribution in [1.29, 1.82) is 0 Å². The van der Waals surface area contributed by atoms with Gasteiger partial charge >= 0.3 is 0 Å². The summed E-state index contributed by atoms with van der Waals surface area (Å²) in [7, 11) is -3.60. The molecule has 6 heteroatoms. The van der Waals surface area contributed by atoms with Gasteiger partial charge in [0.15, 0.2) is 0 Å². The zero-order chi connectivity index (χ0) is 15.5. The van der Waals surface area contributed by atoms with Crippen molar-refractivity contribution in [3.63, 3.8) is 0 Å². The lowest BCUT2D eigenvalue weighted by molar-refractivity contribution is 0.567. The number of halogens is 1. The molecule has 0 saturated carbocycles. The molecule has 0 amide bonds. The minimum Gasteiger partial charge on any atom is -0.326 e. The van der Waals surface area contributed by atoms with Crippen molar-refractivity contribution >= 4 is 21.6 Å². The summed E-state index contributed by atoms with van der Waals surface area (Å²) in [5.74, 6) is 0. The van der Waals surface area contributed by atoms with Crippen LogP contribution < -0.4 is 10.5 Å². The highest BCUT2D eigenvalue weighted by Gasteiger charge is 2.18. The van der Waals surface area contributed by atoms with Crippen molar-refractivity contribution < 1.29 is 8.42 Å². The highest BCUT2D eigenvalue weighted by Crippen LogP contribution is 2.20. The van der Waals surface area contributed by atoms with Crippen molar-refractivity contribution in [1.82, 2.24) is 4.72 Å². The highest BCUT2D eigenvalue weighted by molar-refractivity contribution is 7.89. The zero-order valence-electron chi connectivity index (χ0n) is 11.6. The molecule has 0 heterocycles. The van der Waals surface area contributed by atoms with Crippen molar-refractivity contribution in [2.24, 2.45) is 5.73 Å². The summed E-state index contributed by atoms with van der Waals surface area (Å²) >= 11 is 5.93. The molecular formula is C15H17ClN2O2S. The molecule has 2 rings (SSSR count). The lowest BCUT2D eigenvalue weighted by Gasteiger charge is -2.15. The van der Waals surface area contributed by atoms with Gasteiger partial charge in [-0.15, -0.1) is 0 Å². The van der Waals surface area contributed by atoms with Crippen LogP contribution in [-0.4, -0.2) is 8.42 Å². The standard InChI is InChI=1S/C15H17ClN2O2S/c1-11(13-5-3-6-14(16)9-13)18-21(19,20)15-7-2-4-12(8-15)10-17/h2-9,11,18H,10,17H2,1H3. The van der Waals surface area contributed by atoms with Crippen LogP contribution in [0, 0.1) is 0 Å². The fourth-order valence-electron chi connectivity index (χ4n) is 1.98. The molecule has 2 aromatic rings. The molecule has 1 atom stereocenters. The molecule has 0 spiro atoms. The molecule has 0 fully saturated rings. The minimum atomic E-state index is -3.60. The number of benzene rings is 2. The molecule has 1 unspecified atom stereocenters. The van der Waals surface area contributed by atoms with Gasteiger partial charge in [-0.25, -0.2) is 13.1 Å². The summed E-state index contributed by atoms with van der Waals surface area (Å²) in [6.45, 7) is 2.07. The summed E-state index contributed by atoms with van der Waals surface area (Å²) in [4.78, 5) is 0.208. The van der Waals surface area contributed by atoms with Gasteiger partial charge in [0.1, 0.15) is 0 Å². The fraction of sp³-hybridized carbons (Fsp3) is 0.200. The maximum atomic E-state index is 12.4. The maximum absolute atomic E-state index is 12.4. The maximum Gasteiger partial charge on any atom is 0.241 e. The topological polar surface area (TPSA) is 72.2 Å². The summed E-state index contributed by atoms with van der Waals surface area (Å²) in [6.07, 6.45) is 0. The first kappa shape index (κ1) is 16.0. The van der Waals surface area contributed by atoms with Gasteiger partial charge < -0.3 is 5.73 Å². The van der Waals surface area contributed by atoms with E-state index >= 15 is 0 Å². The van der Waals surface area contributed by atoms with Crippen molar-refractivity contribution in [3.8, 4) is 0 Å². The molecule has 2 aromatic carbocycles. The van der Waals surface area contributed by atoms with E-state index in [1.807, 2.05) is 6.07 Å². The zero-order valence-corrected chi connectivity index (χ0v) is 13.2. The quantitative estimate of drug-likeness (QED) is 0.888. The molecule has 3 N–H and O–H groups in total. The van der Waals surface area contributed by atoms with E-state index in [4.69, 9.17) is 17.3 Å². The monoisotopic (exact) mass is 324 g/mol. The van der Waals surface area contributed by atoms with Gasteiger partial charge in [0.05, 0.1) is 4.90 Å². The Hall–Kier alpha value is -1.40. The van der Waals surface area contributed by atoms with E-state index in [0.29, 0.717) is 11.6 Å². The second kappa shape index (κ2) is 6.58. The molecule has 4 nitrogen and oxygen atoms in total. The molecule has 0 bridgehead atoms. The summed E-state index contributed by atoms with van der Waals surface area (Å²) < 4.78 is 27.4. The van der Waals surface area contributed by atoms with E-state index < -0.39 is 10.0 Å². The number of sulfonamides is 1. The summed E-state index contributed by atoms with van der Waals surface area (Å²) in [5.41, 5.74) is 7.12. The van der Waals surface area contributed by atoms with Gasteiger partial charge in [0.25, 0.3) is 0 Å². The molecule has 0 saturated heterocycles. The Morgan fingerprint density at radius 1 is 1.19 bits per heavy atom. The van der Waals surface area contributed by atoms with Crippen LogP contribution in [0.15, 0.2) is 53.4 Å². The molecule has 0 aliphatic rings. The van der Waals surface area contributed by atoms with Crippen LogP contribution in [0.4, 0.5) is 0 Å². The van der Waals surface area contributed by atoms with E-state index in [1.165, 1.54) is 0 Å². The molecule has 0 aliphatic heterocycles. The van der Waals surface area contributed by atoms with E-state index in [0.717, 1.165) is 11.1 Å². The van der Waals surface area contributed by atoms with Crippen LogP contribution in [-0.2, 0) is 16.6 Å². The Labute approximate surface area is 130 Å². The first-order chi connectivity index (χ1) is 9.92. The average Bonchev–Trinajstić information content (AvgIpc) is 2.47. The molecular weight excluding hydrogens is 308 g/mol. The van der Waals surface area contributed by atoms with Crippen LogP contribution in [0.5, 0.6) is 0 Å². The Morgan fingerprint density at radius 3 is 2.57 bits per heavy atom. The first-order valence-corrected chi connectivity index (χ1v) is 8.35. The van der Waals surface area contributed by atoms with Crippen LogP contribution in [0.1, 0.15) is 24.1 Å². The van der Waals surface area contributed by atoms with E-state index in [1.54, 1.807) is 49.4 Å². The summed E-state index contributed by atoms with van der Waals surface area (Å²) in [5, 5.41) is 0.573. The normalized spacial score (nSPS) is 13.1. The third kappa shape index (κ3) is 4.04. The molecule has 0 aromatic heterocycles. The average molecular weight is 325 g/mol.